The molecule has 0 saturated carbocycles. The molecule has 0 radical (unpaired) electrons. The Morgan fingerprint density at radius 1 is 0.857 bits per heavy atom. The fraction of sp³-hybridized carbons (Fsp3) is 0.0833. The zero-order valence-electron chi connectivity index (χ0n) is 15.8. The molecule has 1 aromatic heterocycles. The van der Waals surface area contributed by atoms with Crippen molar-refractivity contribution in [1.29, 1.82) is 0 Å². The third-order valence-corrected chi connectivity index (χ3v) is 4.75. The molecule has 0 spiro atoms. The number of carbonyl (C=O) groups excluding carboxylic acids is 1. The molecule has 138 valence electrons. The lowest BCUT2D eigenvalue weighted by Crippen LogP contribution is -2.12. The molecule has 4 heteroatoms. The van der Waals surface area contributed by atoms with Gasteiger partial charge < -0.3 is 10.1 Å². The first kappa shape index (κ1) is 17.7. The number of hydrogen-bond donors (Lipinski definition) is 1. The lowest BCUT2D eigenvalue weighted by molar-refractivity contribution is 0.102. The Balaban J connectivity index is 1.62. The summed E-state index contributed by atoms with van der Waals surface area (Å²) < 4.78 is 5.87. The maximum atomic E-state index is 12.9. The molecule has 28 heavy (non-hydrogen) atoms. The molecule has 0 bridgehead atoms. The molecule has 0 fully saturated rings. The van der Waals surface area contributed by atoms with Crippen LogP contribution in [0.2, 0.25) is 0 Å². The Bertz CT molecular complexity index is 1150. The fourth-order valence-electron chi connectivity index (χ4n) is 3.08. The van der Waals surface area contributed by atoms with Gasteiger partial charge in [0.05, 0.1) is 0 Å². The summed E-state index contributed by atoms with van der Waals surface area (Å²) in [7, 11) is 0. The van der Waals surface area contributed by atoms with Crippen molar-refractivity contribution in [3.8, 4) is 11.5 Å². The number of carbonyl (C=O) groups is 1. The standard InChI is InChI=1S/C24H20N2O2/c1-16-6-7-19(14-17(16)2)26-24(27)23-5-3-4-18-15-21(8-9-22(18)23)28-20-10-12-25-13-11-20/h3-15H,1-2H3,(H,26,27). The largest absolute Gasteiger partial charge is 0.457 e. The number of amides is 1. The Kier molecular flexibility index (Phi) is 4.77. The molecule has 4 aromatic rings. The van der Waals surface area contributed by atoms with E-state index < -0.39 is 0 Å². The number of pyridine rings is 1. The summed E-state index contributed by atoms with van der Waals surface area (Å²) in [4.78, 5) is 16.8. The monoisotopic (exact) mass is 368 g/mol. The minimum absolute atomic E-state index is 0.128. The first-order chi connectivity index (χ1) is 13.6. The molecule has 1 amide bonds. The summed E-state index contributed by atoms with van der Waals surface area (Å²) in [5.41, 5.74) is 3.77. The Morgan fingerprint density at radius 3 is 2.46 bits per heavy atom. The summed E-state index contributed by atoms with van der Waals surface area (Å²) in [6.07, 6.45) is 3.37. The maximum absolute atomic E-state index is 12.9. The lowest BCUT2D eigenvalue weighted by Gasteiger charge is -2.11. The molecule has 0 saturated heterocycles. The van der Waals surface area contributed by atoms with Gasteiger partial charge in [-0.05, 0) is 84.3 Å². The molecule has 4 nitrogen and oxygen atoms in total. The molecule has 3 aromatic carbocycles. The quantitative estimate of drug-likeness (QED) is 0.488. The van der Waals surface area contributed by atoms with Crippen molar-refractivity contribution in [2.24, 2.45) is 0 Å². The van der Waals surface area contributed by atoms with Gasteiger partial charge >= 0.3 is 0 Å². The van der Waals surface area contributed by atoms with Gasteiger partial charge in [-0.1, -0.05) is 18.2 Å². The van der Waals surface area contributed by atoms with Crippen molar-refractivity contribution >= 4 is 22.4 Å². The second-order valence-corrected chi connectivity index (χ2v) is 6.73. The number of hydrogen-bond acceptors (Lipinski definition) is 3. The average molecular weight is 368 g/mol. The van der Waals surface area contributed by atoms with Crippen LogP contribution in [0.25, 0.3) is 10.8 Å². The van der Waals surface area contributed by atoms with E-state index in [0.29, 0.717) is 11.3 Å². The number of nitrogens with zero attached hydrogens (tertiary/aromatic N) is 1. The van der Waals surface area contributed by atoms with Crippen LogP contribution in [0.15, 0.2) is 79.1 Å². The summed E-state index contributed by atoms with van der Waals surface area (Å²) >= 11 is 0. The van der Waals surface area contributed by atoms with Gasteiger partial charge in [0.15, 0.2) is 0 Å². The Labute approximate surface area is 163 Å². The lowest BCUT2D eigenvalue weighted by atomic mass is 10.0. The van der Waals surface area contributed by atoms with Crippen molar-refractivity contribution in [1.82, 2.24) is 4.98 Å². The van der Waals surface area contributed by atoms with Crippen molar-refractivity contribution < 1.29 is 9.53 Å². The van der Waals surface area contributed by atoms with Gasteiger partial charge in [0.25, 0.3) is 5.91 Å². The van der Waals surface area contributed by atoms with Crippen LogP contribution in [-0.4, -0.2) is 10.9 Å². The second kappa shape index (κ2) is 7.53. The molecule has 1 heterocycles. The van der Waals surface area contributed by atoms with E-state index in [4.69, 9.17) is 4.74 Å². The van der Waals surface area contributed by atoms with Gasteiger partial charge in [-0.3, -0.25) is 9.78 Å². The smallest absolute Gasteiger partial charge is 0.256 e. The van der Waals surface area contributed by atoms with E-state index in [1.807, 2.05) is 61.5 Å². The molecule has 0 unspecified atom stereocenters. The molecular weight excluding hydrogens is 348 g/mol. The molecule has 0 atom stereocenters. The number of benzene rings is 3. The third-order valence-electron chi connectivity index (χ3n) is 4.75. The van der Waals surface area contributed by atoms with E-state index in [1.54, 1.807) is 24.5 Å². The summed E-state index contributed by atoms with van der Waals surface area (Å²) in [6, 6.07) is 20.9. The van der Waals surface area contributed by atoms with Crippen LogP contribution in [0.3, 0.4) is 0 Å². The van der Waals surface area contributed by atoms with Crippen LogP contribution in [0.1, 0.15) is 21.5 Å². The van der Waals surface area contributed by atoms with Gasteiger partial charge in [-0.25, -0.2) is 0 Å². The average Bonchev–Trinajstić information content (AvgIpc) is 2.71. The number of aryl methyl sites for hydroxylation is 2. The predicted octanol–water partition coefficient (Wildman–Crippen LogP) is 5.90. The van der Waals surface area contributed by atoms with E-state index in [9.17, 15) is 4.79 Å². The topological polar surface area (TPSA) is 51.2 Å². The highest BCUT2D eigenvalue weighted by molar-refractivity contribution is 6.13. The number of aromatic nitrogens is 1. The summed E-state index contributed by atoms with van der Waals surface area (Å²) in [6.45, 7) is 4.09. The number of ether oxygens (including phenoxy) is 1. The number of rotatable bonds is 4. The molecule has 0 aliphatic rings. The number of anilines is 1. The van der Waals surface area contributed by atoms with Crippen molar-refractivity contribution in [3.63, 3.8) is 0 Å². The van der Waals surface area contributed by atoms with E-state index in [2.05, 4.69) is 17.2 Å². The highest BCUT2D eigenvalue weighted by Gasteiger charge is 2.11. The molecule has 1 N–H and O–H groups in total. The molecular formula is C24H20N2O2. The minimum atomic E-state index is -0.128. The predicted molar refractivity (Wildman–Crippen MR) is 112 cm³/mol. The number of nitrogens with one attached hydrogen (secondary N) is 1. The van der Waals surface area contributed by atoms with Crippen LogP contribution in [0, 0.1) is 13.8 Å². The van der Waals surface area contributed by atoms with Gasteiger partial charge in [0.1, 0.15) is 11.5 Å². The van der Waals surface area contributed by atoms with Gasteiger partial charge in [0.2, 0.25) is 0 Å². The van der Waals surface area contributed by atoms with Crippen LogP contribution < -0.4 is 10.1 Å². The Hall–Kier alpha value is -3.66. The van der Waals surface area contributed by atoms with Crippen molar-refractivity contribution in [3.05, 3.63) is 95.8 Å². The van der Waals surface area contributed by atoms with Gasteiger partial charge in [-0.15, -0.1) is 0 Å². The van der Waals surface area contributed by atoms with Crippen molar-refractivity contribution in [2.45, 2.75) is 13.8 Å². The van der Waals surface area contributed by atoms with E-state index >= 15 is 0 Å². The third kappa shape index (κ3) is 3.71. The zero-order chi connectivity index (χ0) is 19.5. The molecule has 0 aliphatic carbocycles. The van der Waals surface area contributed by atoms with Crippen molar-refractivity contribution in [2.75, 3.05) is 5.32 Å². The van der Waals surface area contributed by atoms with Crippen LogP contribution >= 0.6 is 0 Å². The first-order valence-corrected chi connectivity index (χ1v) is 9.09. The molecule has 4 rings (SSSR count). The summed E-state index contributed by atoms with van der Waals surface area (Å²) in [5.74, 6) is 1.31. The van der Waals surface area contributed by atoms with Crippen LogP contribution in [-0.2, 0) is 0 Å². The summed E-state index contributed by atoms with van der Waals surface area (Å²) in [5, 5.41) is 4.82. The van der Waals surface area contributed by atoms with E-state index in [0.717, 1.165) is 27.8 Å². The molecule has 0 aliphatic heterocycles. The van der Waals surface area contributed by atoms with Crippen LogP contribution in [0.5, 0.6) is 11.5 Å². The van der Waals surface area contributed by atoms with Crippen LogP contribution in [0.4, 0.5) is 5.69 Å². The fourth-order valence-corrected chi connectivity index (χ4v) is 3.08. The van der Waals surface area contributed by atoms with Gasteiger partial charge in [-0.2, -0.15) is 0 Å². The first-order valence-electron chi connectivity index (χ1n) is 9.09. The zero-order valence-corrected chi connectivity index (χ0v) is 15.8. The van der Waals surface area contributed by atoms with E-state index in [1.165, 1.54) is 5.56 Å². The normalized spacial score (nSPS) is 10.6. The maximum Gasteiger partial charge on any atom is 0.256 e. The van der Waals surface area contributed by atoms with Gasteiger partial charge in [0, 0.05) is 23.6 Å². The SMILES string of the molecule is Cc1ccc(NC(=O)c2cccc3cc(Oc4ccncc4)ccc23)cc1C. The highest BCUT2D eigenvalue weighted by atomic mass is 16.5. The highest BCUT2D eigenvalue weighted by Crippen LogP contribution is 2.28. The second-order valence-electron chi connectivity index (χ2n) is 6.73. The Morgan fingerprint density at radius 2 is 1.68 bits per heavy atom. The van der Waals surface area contributed by atoms with E-state index in [-0.39, 0.29) is 5.91 Å². The minimum Gasteiger partial charge on any atom is -0.457 e. The number of fused-ring (bicyclic) bond motifs is 1.